The molecule has 2 fully saturated rings. The molecule has 16 heavy (non-hydrogen) atoms. The summed E-state index contributed by atoms with van der Waals surface area (Å²) in [5.74, 6) is 0.828. The average Bonchev–Trinajstić information content (AvgIpc) is 2.31. The van der Waals surface area contributed by atoms with Gasteiger partial charge in [0.25, 0.3) is 0 Å². The van der Waals surface area contributed by atoms with Crippen molar-refractivity contribution in [2.24, 2.45) is 5.92 Å². The summed E-state index contributed by atoms with van der Waals surface area (Å²) in [6, 6.07) is 0. The minimum atomic E-state index is 0.0367. The molecule has 0 aromatic rings. The van der Waals surface area contributed by atoms with Crippen LogP contribution in [0.15, 0.2) is 0 Å². The maximum atomic E-state index is 6.06. The zero-order valence-corrected chi connectivity index (χ0v) is 10.5. The van der Waals surface area contributed by atoms with E-state index >= 15 is 0 Å². The molecule has 0 saturated carbocycles. The predicted octanol–water partition coefficient (Wildman–Crippen LogP) is 1.96. The lowest BCUT2D eigenvalue weighted by atomic mass is 9.81. The Labute approximate surface area is 98.9 Å². The molecule has 0 aromatic heterocycles. The van der Waals surface area contributed by atoms with E-state index in [4.69, 9.17) is 9.47 Å². The molecule has 0 radical (unpaired) electrons. The van der Waals surface area contributed by atoms with Crippen LogP contribution in [0.5, 0.6) is 0 Å². The Kier molecular flexibility index (Phi) is 4.62. The molecule has 0 aromatic carbocycles. The van der Waals surface area contributed by atoms with Crippen LogP contribution in [0, 0.1) is 5.92 Å². The molecule has 2 aliphatic heterocycles. The molecule has 1 N–H and O–H groups in total. The van der Waals surface area contributed by atoms with Crippen LogP contribution in [-0.2, 0) is 9.47 Å². The van der Waals surface area contributed by atoms with Crippen LogP contribution in [0.3, 0.4) is 0 Å². The molecule has 0 spiro atoms. The highest BCUT2D eigenvalue weighted by Gasteiger charge is 2.36. The van der Waals surface area contributed by atoms with E-state index in [0.717, 1.165) is 19.1 Å². The summed E-state index contributed by atoms with van der Waals surface area (Å²) in [7, 11) is 1.79. The first-order chi connectivity index (χ1) is 7.85. The van der Waals surface area contributed by atoms with Crippen LogP contribution in [0.2, 0.25) is 0 Å². The van der Waals surface area contributed by atoms with E-state index in [0.29, 0.717) is 0 Å². The zero-order valence-electron chi connectivity index (χ0n) is 10.5. The highest BCUT2D eigenvalue weighted by Crippen LogP contribution is 2.34. The molecule has 2 rings (SSSR count). The van der Waals surface area contributed by atoms with Crippen molar-refractivity contribution in [1.82, 2.24) is 5.32 Å². The largest absolute Gasteiger partial charge is 0.382 e. The molecular formula is C13H25NO2. The van der Waals surface area contributed by atoms with E-state index in [9.17, 15) is 0 Å². The standard InChI is InChI=1S/C13H25NO2/c1-15-11-13(6-2-3-9-16-13)10-12-4-7-14-8-5-12/h12,14H,2-11H2,1H3. The van der Waals surface area contributed by atoms with Gasteiger partial charge >= 0.3 is 0 Å². The van der Waals surface area contributed by atoms with E-state index in [1.807, 2.05) is 0 Å². The molecular weight excluding hydrogens is 202 g/mol. The van der Waals surface area contributed by atoms with E-state index in [1.54, 1.807) is 7.11 Å². The number of rotatable bonds is 4. The van der Waals surface area contributed by atoms with Gasteiger partial charge in [0.1, 0.15) is 0 Å². The molecule has 2 saturated heterocycles. The quantitative estimate of drug-likeness (QED) is 0.796. The van der Waals surface area contributed by atoms with Gasteiger partial charge in [0.15, 0.2) is 0 Å². The van der Waals surface area contributed by atoms with Crippen molar-refractivity contribution in [2.75, 3.05) is 33.4 Å². The number of ether oxygens (including phenoxy) is 2. The van der Waals surface area contributed by atoms with E-state index < -0.39 is 0 Å². The highest BCUT2D eigenvalue weighted by molar-refractivity contribution is 4.87. The van der Waals surface area contributed by atoms with Gasteiger partial charge in [0.05, 0.1) is 12.2 Å². The SMILES string of the molecule is COCC1(CC2CCNCC2)CCCCO1. The van der Waals surface area contributed by atoms with Gasteiger partial charge < -0.3 is 14.8 Å². The number of hydrogen-bond acceptors (Lipinski definition) is 3. The molecule has 2 heterocycles. The van der Waals surface area contributed by atoms with Crippen LogP contribution in [0.4, 0.5) is 0 Å². The second-order valence-corrected chi connectivity index (χ2v) is 5.32. The molecule has 3 nitrogen and oxygen atoms in total. The lowest BCUT2D eigenvalue weighted by Crippen LogP contribution is -2.44. The average molecular weight is 227 g/mol. The third kappa shape index (κ3) is 3.19. The lowest BCUT2D eigenvalue weighted by Gasteiger charge is -2.40. The predicted molar refractivity (Wildman–Crippen MR) is 64.6 cm³/mol. The minimum absolute atomic E-state index is 0.0367. The molecule has 2 aliphatic rings. The number of hydrogen-bond donors (Lipinski definition) is 1. The first-order valence-corrected chi connectivity index (χ1v) is 6.68. The topological polar surface area (TPSA) is 30.5 Å². The number of piperidine rings is 1. The summed E-state index contributed by atoms with van der Waals surface area (Å²) in [5, 5.41) is 3.42. The second-order valence-electron chi connectivity index (χ2n) is 5.32. The van der Waals surface area contributed by atoms with E-state index in [1.165, 1.54) is 51.6 Å². The zero-order chi connectivity index (χ0) is 11.3. The Balaban J connectivity index is 1.89. The van der Waals surface area contributed by atoms with Gasteiger partial charge in [-0.2, -0.15) is 0 Å². The summed E-state index contributed by atoms with van der Waals surface area (Å²) in [6.07, 6.45) is 7.50. The fraction of sp³-hybridized carbons (Fsp3) is 1.00. The first-order valence-electron chi connectivity index (χ1n) is 6.68. The molecule has 0 bridgehead atoms. The van der Waals surface area contributed by atoms with Crippen LogP contribution in [0.1, 0.15) is 38.5 Å². The van der Waals surface area contributed by atoms with Gasteiger partial charge in [0.2, 0.25) is 0 Å². The maximum Gasteiger partial charge on any atom is 0.0917 e. The van der Waals surface area contributed by atoms with Crippen molar-refractivity contribution in [1.29, 1.82) is 0 Å². The smallest absolute Gasteiger partial charge is 0.0917 e. The summed E-state index contributed by atoms with van der Waals surface area (Å²) in [6.45, 7) is 4.05. The fourth-order valence-corrected chi connectivity index (χ4v) is 3.12. The number of nitrogens with one attached hydrogen (secondary N) is 1. The summed E-state index contributed by atoms with van der Waals surface area (Å²) >= 11 is 0. The van der Waals surface area contributed by atoms with Crippen molar-refractivity contribution >= 4 is 0 Å². The Hall–Kier alpha value is -0.120. The van der Waals surface area contributed by atoms with Crippen molar-refractivity contribution in [3.63, 3.8) is 0 Å². The van der Waals surface area contributed by atoms with Crippen molar-refractivity contribution in [2.45, 2.75) is 44.1 Å². The molecule has 94 valence electrons. The van der Waals surface area contributed by atoms with Crippen molar-refractivity contribution in [3.8, 4) is 0 Å². The van der Waals surface area contributed by atoms with Crippen LogP contribution in [0.25, 0.3) is 0 Å². The van der Waals surface area contributed by atoms with Gasteiger partial charge in [0, 0.05) is 13.7 Å². The minimum Gasteiger partial charge on any atom is -0.382 e. The van der Waals surface area contributed by atoms with Crippen molar-refractivity contribution in [3.05, 3.63) is 0 Å². The van der Waals surface area contributed by atoms with Gasteiger partial charge in [-0.3, -0.25) is 0 Å². The van der Waals surface area contributed by atoms with E-state index in [-0.39, 0.29) is 5.60 Å². The van der Waals surface area contributed by atoms with Gasteiger partial charge in [-0.15, -0.1) is 0 Å². The highest BCUT2D eigenvalue weighted by atomic mass is 16.5. The van der Waals surface area contributed by atoms with Crippen LogP contribution < -0.4 is 5.32 Å². The van der Waals surface area contributed by atoms with Gasteiger partial charge in [-0.1, -0.05) is 0 Å². The Morgan fingerprint density at radius 1 is 1.31 bits per heavy atom. The summed E-state index contributed by atoms with van der Waals surface area (Å²) < 4.78 is 11.4. The summed E-state index contributed by atoms with van der Waals surface area (Å²) in [5.41, 5.74) is 0.0367. The first kappa shape index (κ1) is 12.3. The molecule has 3 heteroatoms. The van der Waals surface area contributed by atoms with Crippen LogP contribution in [-0.4, -0.2) is 39.0 Å². The van der Waals surface area contributed by atoms with Crippen molar-refractivity contribution < 1.29 is 9.47 Å². The Morgan fingerprint density at radius 3 is 2.75 bits per heavy atom. The third-order valence-electron chi connectivity index (χ3n) is 3.96. The lowest BCUT2D eigenvalue weighted by molar-refractivity contribution is -0.128. The van der Waals surface area contributed by atoms with Crippen LogP contribution >= 0.6 is 0 Å². The van der Waals surface area contributed by atoms with Gasteiger partial charge in [-0.05, 0) is 57.5 Å². The summed E-state index contributed by atoms with van der Waals surface area (Å²) in [4.78, 5) is 0. The molecule has 0 aliphatic carbocycles. The maximum absolute atomic E-state index is 6.06. The normalized spacial score (nSPS) is 32.8. The van der Waals surface area contributed by atoms with Gasteiger partial charge in [-0.25, -0.2) is 0 Å². The molecule has 1 atom stereocenters. The fourth-order valence-electron chi connectivity index (χ4n) is 3.12. The second kappa shape index (κ2) is 5.99. The van der Waals surface area contributed by atoms with E-state index in [2.05, 4.69) is 5.32 Å². The Bertz CT molecular complexity index is 191. The number of methoxy groups -OCH3 is 1. The Morgan fingerprint density at radius 2 is 2.12 bits per heavy atom. The monoisotopic (exact) mass is 227 g/mol. The third-order valence-corrected chi connectivity index (χ3v) is 3.96. The molecule has 1 unspecified atom stereocenters. The molecule has 0 amide bonds.